The summed E-state index contributed by atoms with van der Waals surface area (Å²) in [6.07, 6.45) is 1.14. The topological polar surface area (TPSA) is 150 Å². The molecule has 40 heavy (non-hydrogen) atoms. The minimum absolute atomic E-state index is 0.0744. The standard InChI is InChI=1S/C28H32N8O4/c1-28(2,29)26(37)31-23(18-39-16-19-8-4-3-5-9-19)25-34-33-24-15-35(12-13-36(24)25)27(38)40-17-20-14-30-32-22-11-7-6-10-21(20)22/h3-11,14,23H,12-13,15-18,29H2,1-2H3,(H,31,37)/t23-/m1/s1. The molecular weight excluding hydrogens is 512 g/mol. The average Bonchev–Trinajstić information content (AvgIpc) is 3.38. The summed E-state index contributed by atoms with van der Waals surface area (Å²) in [5, 5.41) is 20.6. The van der Waals surface area contributed by atoms with Crippen molar-refractivity contribution in [3.8, 4) is 0 Å². The van der Waals surface area contributed by atoms with Crippen LogP contribution < -0.4 is 11.1 Å². The average molecular weight is 545 g/mol. The maximum atomic E-state index is 12.9. The smallest absolute Gasteiger partial charge is 0.410 e. The number of amides is 2. The maximum Gasteiger partial charge on any atom is 0.410 e. The van der Waals surface area contributed by atoms with Gasteiger partial charge in [0.05, 0.1) is 37.0 Å². The number of aromatic nitrogens is 5. The number of fused-ring (bicyclic) bond motifs is 2. The first-order valence-corrected chi connectivity index (χ1v) is 13.0. The van der Waals surface area contributed by atoms with E-state index in [-0.39, 0.29) is 25.7 Å². The van der Waals surface area contributed by atoms with Crippen LogP contribution >= 0.6 is 0 Å². The van der Waals surface area contributed by atoms with Crippen molar-refractivity contribution < 1.29 is 19.1 Å². The van der Waals surface area contributed by atoms with E-state index in [9.17, 15) is 9.59 Å². The summed E-state index contributed by atoms with van der Waals surface area (Å²) in [4.78, 5) is 27.2. The molecule has 0 saturated heterocycles. The van der Waals surface area contributed by atoms with Crippen LogP contribution in [0.4, 0.5) is 4.79 Å². The number of nitrogens with zero attached hydrogens (tertiary/aromatic N) is 6. The van der Waals surface area contributed by atoms with Gasteiger partial charge in [0.1, 0.15) is 12.6 Å². The van der Waals surface area contributed by atoms with E-state index >= 15 is 0 Å². The first-order chi connectivity index (χ1) is 19.3. The molecule has 1 aliphatic heterocycles. The van der Waals surface area contributed by atoms with E-state index in [2.05, 4.69) is 25.7 Å². The van der Waals surface area contributed by atoms with Gasteiger partial charge in [0.25, 0.3) is 0 Å². The lowest BCUT2D eigenvalue weighted by molar-refractivity contribution is -0.126. The molecule has 0 aliphatic carbocycles. The fraction of sp³-hybridized carbons (Fsp3) is 0.357. The van der Waals surface area contributed by atoms with Crippen molar-refractivity contribution in [1.82, 2.24) is 35.2 Å². The van der Waals surface area contributed by atoms with E-state index in [4.69, 9.17) is 15.2 Å². The Bertz CT molecular complexity index is 1480. The van der Waals surface area contributed by atoms with E-state index in [1.165, 1.54) is 0 Å². The third kappa shape index (κ3) is 6.24. The Labute approximate surface area is 231 Å². The summed E-state index contributed by atoms with van der Waals surface area (Å²) < 4.78 is 13.5. The molecule has 0 fully saturated rings. The number of benzene rings is 2. The van der Waals surface area contributed by atoms with Crippen molar-refractivity contribution in [1.29, 1.82) is 0 Å². The first-order valence-electron chi connectivity index (χ1n) is 13.0. The summed E-state index contributed by atoms with van der Waals surface area (Å²) >= 11 is 0. The zero-order chi connectivity index (χ0) is 28.1. The van der Waals surface area contributed by atoms with Gasteiger partial charge in [-0.3, -0.25) is 9.69 Å². The van der Waals surface area contributed by atoms with Crippen molar-refractivity contribution in [2.75, 3.05) is 13.2 Å². The van der Waals surface area contributed by atoms with Gasteiger partial charge in [-0.25, -0.2) is 4.79 Å². The SMILES string of the molecule is CC(C)(N)C(=O)N[C@H](COCc1ccccc1)c1nnc2n1CCN(C(=O)OCc1cnnc3ccccc13)C2. The molecule has 1 aliphatic rings. The normalized spacial score (nSPS) is 14.0. The highest BCUT2D eigenvalue weighted by molar-refractivity contribution is 5.85. The molecule has 0 radical (unpaired) electrons. The lowest BCUT2D eigenvalue weighted by atomic mass is 10.1. The molecular formula is C28H32N8O4. The van der Waals surface area contributed by atoms with Crippen LogP contribution in [0.2, 0.25) is 0 Å². The molecule has 2 aromatic heterocycles. The molecule has 5 rings (SSSR count). The van der Waals surface area contributed by atoms with Crippen molar-refractivity contribution in [3.05, 3.63) is 83.6 Å². The molecule has 0 spiro atoms. The van der Waals surface area contributed by atoms with Gasteiger partial charge >= 0.3 is 6.09 Å². The van der Waals surface area contributed by atoms with Gasteiger partial charge in [0.2, 0.25) is 5.91 Å². The number of hydrogen-bond donors (Lipinski definition) is 2. The second-order valence-corrected chi connectivity index (χ2v) is 10.2. The molecule has 0 bridgehead atoms. The summed E-state index contributed by atoms with van der Waals surface area (Å²) in [6, 6.07) is 16.7. The van der Waals surface area contributed by atoms with Crippen molar-refractivity contribution in [3.63, 3.8) is 0 Å². The summed E-state index contributed by atoms with van der Waals surface area (Å²) in [5.74, 6) is 0.795. The summed E-state index contributed by atoms with van der Waals surface area (Å²) in [7, 11) is 0. The van der Waals surface area contributed by atoms with E-state index in [1.807, 2.05) is 59.2 Å². The van der Waals surface area contributed by atoms with Crippen LogP contribution in [-0.2, 0) is 40.6 Å². The van der Waals surface area contributed by atoms with Crippen LogP contribution in [-0.4, -0.2) is 60.6 Å². The fourth-order valence-electron chi connectivity index (χ4n) is 4.40. The van der Waals surface area contributed by atoms with Crippen LogP contribution in [0, 0.1) is 0 Å². The highest BCUT2D eigenvalue weighted by Crippen LogP contribution is 2.21. The fourth-order valence-corrected chi connectivity index (χ4v) is 4.40. The molecule has 2 aromatic carbocycles. The van der Waals surface area contributed by atoms with Gasteiger partial charge in [0.15, 0.2) is 11.6 Å². The van der Waals surface area contributed by atoms with E-state index < -0.39 is 17.7 Å². The van der Waals surface area contributed by atoms with E-state index in [1.54, 1.807) is 24.9 Å². The Balaban J connectivity index is 1.25. The minimum atomic E-state index is -1.08. The second-order valence-electron chi connectivity index (χ2n) is 10.2. The zero-order valence-corrected chi connectivity index (χ0v) is 22.5. The largest absolute Gasteiger partial charge is 0.444 e. The van der Waals surface area contributed by atoms with Gasteiger partial charge in [-0.15, -0.1) is 10.2 Å². The maximum absolute atomic E-state index is 12.9. The number of hydrogen-bond acceptors (Lipinski definition) is 9. The lowest BCUT2D eigenvalue weighted by Gasteiger charge is -2.29. The molecule has 3 heterocycles. The van der Waals surface area contributed by atoms with Gasteiger partial charge < -0.3 is 25.1 Å². The number of carbonyl (C=O) groups is 2. The Morgan fingerprint density at radius 2 is 1.80 bits per heavy atom. The molecule has 4 aromatic rings. The molecule has 1 atom stereocenters. The predicted octanol–water partition coefficient (Wildman–Crippen LogP) is 2.49. The lowest BCUT2D eigenvalue weighted by Crippen LogP contribution is -2.51. The quantitative estimate of drug-likeness (QED) is 0.324. The van der Waals surface area contributed by atoms with Crippen LogP contribution in [0.3, 0.4) is 0 Å². The third-order valence-electron chi connectivity index (χ3n) is 6.62. The van der Waals surface area contributed by atoms with Gasteiger partial charge in [0, 0.05) is 24.0 Å². The Morgan fingerprint density at radius 1 is 1.02 bits per heavy atom. The molecule has 12 nitrogen and oxygen atoms in total. The van der Waals surface area contributed by atoms with Gasteiger partial charge in [-0.1, -0.05) is 48.5 Å². The molecule has 0 saturated carbocycles. The molecule has 12 heteroatoms. The van der Waals surface area contributed by atoms with E-state index in [0.717, 1.165) is 22.0 Å². The Hall–Kier alpha value is -4.42. The van der Waals surface area contributed by atoms with Gasteiger partial charge in [-0.05, 0) is 25.5 Å². The number of nitrogens with two attached hydrogens (primary N) is 1. The Kier molecular flexibility index (Phi) is 7.99. The van der Waals surface area contributed by atoms with Crippen molar-refractivity contribution in [2.24, 2.45) is 5.73 Å². The van der Waals surface area contributed by atoms with Crippen molar-refractivity contribution in [2.45, 2.75) is 51.7 Å². The Morgan fingerprint density at radius 3 is 2.60 bits per heavy atom. The van der Waals surface area contributed by atoms with Crippen LogP contribution in [0.25, 0.3) is 10.9 Å². The highest BCUT2D eigenvalue weighted by atomic mass is 16.6. The first kappa shape index (κ1) is 27.2. The summed E-state index contributed by atoms with van der Waals surface area (Å²) in [5.41, 5.74) is 7.47. The predicted molar refractivity (Wildman–Crippen MR) is 145 cm³/mol. The number of rotatable bonds is 9. The minimum Gasteiger partial charge on any atom is -0.444 e. The van der Waals surface area contributed by atoms with Crippen LogP contribution in [0.15, 0.2) is 60.8 Å². The number of ether oxygens (including phenoxy) is 2. The van der Waals surface area contributed by atoms with Crippen molar-refractivity contribution >= 4 is 22.9 Å². The molecule has 2 amide bonds. The number of carbonyl (C=O) groups excluding carboxylic acids is 2. The number of nitrogens with one attached hydrogen (secondary N) is 1. The van der Waals surface area contributed by atoms with E-state index in [0.29, 0.717) is 31.3 Å². The monoisotopic (exact) mass is 544 g/mol. The zero-order valence-electron chi connectivity index (χ0n) is 22.5. The highest BCUT2D eigenvalue weighted by Gasteiger charge is 2.32. The molecule has 0 unspecified atom stereocenters. The van der Waals surface area contributed by atoms with Crippen LogP contribution in [0.5, 0.6) is 0 Å². The van der Waals surface area contributed by atoms with Crippen LogP contribution in [0.1, 0.15) is 42.7 Å². The third-order valence-corrected chi connectivity index (χ3v) is 6.62. The second kappa shape index (κ2) is 11.8. The summed E-state index contributed by atoms with van der Waals surface area (Å²) in [6.45, 7) is 4.94. The van der Waals surface area contributed by atoms with Gasteiger partial charge in [-0.2, -0.15) is 10.2 Å². The molecule has 3 N–H and O–H groups in total. The molecule has 208 valence electrons.